The molecular formula is C96H128O8. The van der Waals surface area contributed by atoms with Crippen molar-refractivity contribution in [2.45, 2.75) is 312 Å². The highest BCUT2D eigenvalue weighted by molar-refractivity contribution is 5.61. The number of rotatable bonds is 24. The standard InChI is InChI=1S/C96H128O8/c1-17-25-57(9)65-33-73-49-75-35-66(58(10)26-18-2)37-77(90(75)98)51-79-39-68(60(12)28-20-4)41-81(92(79)100)53-83-43-70(62(14)30-22-6)45-85(94(83)102)55-87-47-72(64(16)32-24-8)48-88(96(87)104)56-86-46-71(63(15)31-23-7)44-84(95(86)103)54-82-42-69(61(13)29-21-5)40-80(93(82)101)52-78-38-67(59(11)27-19-3)36-76(91(78)99)50-74(34-65)89(73)97/h33-48,57-64,97-104H,17-32,49-56H2,1-16H3. The zero-order valence-electron chi connectivity index (χ0n) is 66.4. The number of benzene rings is 8. The monoisotopic (exact) mass is 1410 g/mol. The minimum Gasteiger partial charge on any atom is -0.507 e. The fraction of sp³-hybridized carbons (Fsp3) is 0.500. The molecule has 0 saturated carbocycles. The molecule has 0 aliphatic heterocycles. The van der Waals surface area contributed by atoms with E-state index >= 15 is 0 Å². The van der Waals surface area contributed by atoms with Gasteiger partial charge in [0.2, 0.25) is 0 Å². The van der Waals surface area contributed by atoms with Gasteiger partial charge in [-0.1, -0.05) is 259 Å². The topological polar surface area (TPSA) is 162 Å². The second-order valence-electron chi connectivity index (χ2n) is 32.4. The summed E-state index contributed by atoms with van der Waals surface area (Å²) in [5.74, 6) is 2.17. The van der Waals surface area contributed by atoms with Crippen LogP contribution in [0.5, 0.6) is 46.0 Å². The molecule has 8 N–H and O–H groups in total. The Kier molecular flexibility index (Phi) is 28.1. The highest BCUT2D eigenvalue weighted by atomic mass is 16.3. The largest absolute Gasteiger partial charge is 0.507 e. The second kappa shape index (κ2) is 36.4. The summed E-state index contributed by atoms with van der Waals surface area (Å²) >= 11 is 0. The van der Waals surface area contributed by atoms with Crippen LogP contribution in [0.15, 0.2) is 97.1 Å². The summed E-state index contributed by atoms with van der Waals surface area (Å²) in [4.78, 5) is 0. The summed E-state index contributed by atoms with van der Waals surface area (Å²) < 4.78 is 0. The number of phenolic OH excluding ortho intramolecular Hbond substituents is 8. The molecule has 0 fully saturated rings. The van der Waals surface area contributed by atoms with Crippen molar-refractivity contribution < 1.29 is 40.9 Å². The van der Waals surface area contributed by atoms with Gasteiger partial charge >= 0.3 is 0 Å². The van der Waals surface area contributed by atoms with E-state index in [9.17, 15) is 40.9 Å². The third-order valence-electron chi connectivity index (χ3n) is 23.7. The van der Waals surface area contributed by atoms with Crippen molar-refractivity contribution in [2.75, 3.05) is 0 Å². The summed E-state index contributed by atoms with van der Waals surface area (Å²) in [5, 5.41) is 104. The van der Waals surface area contributed by atoms with Gasteiger partial charge in [0.25, 0.3) is 0 Å². The molecule has 0 radical (unpaired) electrons. The van der Waals surface area contributed by atoms with Gasteiger partial charge in [0.1, 0.15) is 46.0 Å². The first kappa shape index (κ1) is 80.3. The maximum atomic E-state index is 13.0. The average molecular weight is 1410 g/mol. The minimum atomic E-state index is 0.125. The zero-order chi connectivity index (χ0) is 75.4. The predicted molar refractivity (Wildman–Crippen MR) is 434 cm³/mol. The predicted octanol–water partition coefficient (Wildman–Crippen LogP) is 25.6. The molecule has 0 saturated heterocycles. The van der Waals surface area contributed by atoms with E-state index in [1.54, 1.807) is 0 Å². The lowest BCUT2D eigenvalue weighted by Gasteiger charge is -2.23. The van der Waals surface area contributed by atoms with E-state index in [-0.39, 0.29) is 145 Å². The molecule has 8 atom stereocenters. The molecule has 0 aromatic heterocycles. The first-order valence-electron chi connectivity index (χ1n) is 40.5. The normalized spacial score (nSPS) is 15.2. The van der Waals surface area contributed by atoms with Crippen LogP contribution in [0.4, 0.5) is 0 Å². The Bertz CT molecular complexity index is 3250. The Hall–Kier alpha value is -7.84. The second-order valence-corrected chi connectivity index (χ2v) is 32.4. The Morgan fingerprint density at radius 2 is 0.250 bits per heavy atom. The molecular weight excluding hydrogens is 1280 g/mol. The van der Waals surface area contributed by atoms with Crippen molar-refractivity contribution in [2.24, 2.45) is 0 Å². The maximum Gasteiger partial charge on any atom is 0.122 e. The van der Waals surface area contributed by atoms with Crippen molar-refractivity contribution in [1.29, 1.82) is 0 Å². The highest BCUT2D eigenvalue weighted by Crippen LogP contribution is 2.46. The molecule has 1 aliphatic carbocycles. The molecule has 8 heteroatoms. The van der Waals surface area contributed by atoms with Crippen LogP contribution in [0.2, 0.25) is 0 Å². The van der Waals surface area contributed by atoms with E-state index in [0.29, 0.717) is 89.0 Å². The molecule has 9 rings (SSSR count). The number of aromatic hydroxyl groups is 8. The minimum absolute atomic E-state index is 0.125. The van der Waals surface area contributed by atoms with Gasteiger partial charge < -0.3 is 40.9 Å². The van der Waals surface area contributed by atoms with Crippen LogP contribution in [0.1, 0.15) is 394 Å². The third-order valence-corrected chi connectivity index (χ3v) is 23.7. The van der Waals surface area contributed by atoms with Gasteiger partial charge in [-0.3, -0.25) is 0 Å². The maximum absolute atomic E-state index is 13.0. The molecule has 8 unspecified atom stereocenters. The van der Waals surface area contributed by atoms with Crippen molar-refractivity contribution in [3.8, 4) is 46.0 Å². The Morgan fingerprint density at radius 1 is 0.173 bits per heavy atom. The first-order chi connectivity index (χ1) is 49.8. The van der Waals surface area contributed by atoms with E-state index in [2.05, 4.69) is 208 Å². The molecule has 16 bridgehead atoms. The quantitative estimate of drug-likeness (QED) is 0.0297. The smallest absolute Gasteiger partial charge is 0.122 e. The van der Waals surface area contributed by atoms with Crippen LogP contribution >= 0.6 is 0 Å². The van der Waals surface area contributed by atoms with E-state index in [0.717, 1.165) is 147 Å². The number of phenols is 8. The Balaban J connectivity index is 1.35. The number of hydrogen-bond donors (Lipinski definition) is 8. The van der Waals surface area contributed by atoms with Gasteiger partial charge in [-0.05, 0) is 232 Å². The zero-order valence-corrected chi connectivity index (χ0v) is 66.4. The van der Waals surface area contributed by atoms with Crippen molar-refractivity contribution >= 4 is 0 Å². The van der Waals surface area contributed by atoms with Crippen molar-refractivity contribution in [3.63, 3.8) is 0 Å². The van der Waals surface area contributed by atoms with E-state index in [1.165, 1.54) is 0 Å². The fourth-order valence-electron chi connectivity index (χ4n) is 17.2. The molecule has 0 amide bonds. The van der Waals surface area contributed by atoms with Crippen LogP contribution in [-0.2, 0) is 51.4 Å². The van der Waals surface area contributed by atoms with E-state index < -0.39 is 0 Å². The van der Waals surface area contributed by atoms with Crippen LogP contribution in [0.3, 0.4) is 0 Å². The molecule has 8 nitrogen and oxygen atoms in total. The summed E-state index contributed by atoms with van der Waals surface area (Å²) in [7, 11) is 0. The first-order valence-corrected chi connectivity index (χ1v) is 40.5. The summed E-state index contributed by atoms with van der Waals surface area (Å²) in [6.45, 7) is 35.5. The lowest BCUT2D eigenvalue weighted by Crippen LogP contribution is -2.06. The molecule has 560 valence electrons. The van der Waals surface area contributed by atoms with Crippen LogP contribution in [-0.4, -0.2) is 40.9 Å². The van der Waals surface area contributed by atoms with Crippen molar-refractivity contribution in [3.05, 3.63) is 231 Å². The lowest BCUT2D eigenvalue weighted by atomic mass is 9.84. The van der Waals surface area contributed by atoms with Gasteiger partial charge in [-0.15, -0.1) is 0 Å². The average Bonchev–Trinajstić information content (AvgIpc) is 0.788. The Labute approximate surface area is 626 Å². The molecule has 8 aromatic carbocycles. The molecule has 0 heterocycles. The Morgan fingerprint density at radius 3 is 0.317 bits per heavy atom. The molecule has 1 aliphatic rings. The van der Waals surface area contributed by atoms with E-state index in [4.69, 9.17) is 0 Å². The number of hydrogen-bond acceptors (Lipinski definition) is 8. The van der Waals surface area contributed by atoms with Crippen LogP contribution in [0, 0.1) is 0 Å². The molecule has 0 spiro atoms. The van der Waals surface area contributed by atoms with Gasteiger partial charge in [0.15, 0.2) is 0 Å². The van der Waals surface area contributed by atoms with Gasteiger partial charge in [0, 0.05) is 51.4 Å². The van der Waals surface area contributed by atoms with Crippen LogP contribution < -0.4 is 0 Å². The fourth-order valence-corrected chi connectivity index (χ4v) is 17.2. The van der Waals surface area contributed by atoms with E-state index in [1.807, 2.05) is 0 Å². The van der Waals surface area contributed by atoms with Gasteiger partial charge in [-0.2, -0.15) is 0 Å². The van der Waals surface area contributed by atoms with Crippen LogP contribution in [0.25, 0.3) is 0 Å². The molecule has 104 heavy (non-hydrogen) atoms. The summed E-state index contributed by atoms with van der Waals surface area (Å²) in [6.07, 6.45) is 17.0. The number of fused-ring (bicyclic) bond motifs is 16. The third kappa shape index (κ3) is 18.9. The van der Waals surface area contributed by atoms with Crippen molar-refractivity contribution in [1.82, 2.24) is 0 Å². The summed E-state index contributed by atoms with van der Waals surface area (Å²) in [6, 6.07) is 33.9. The lowest BCUT2D eigenvalue weighted by molar-refractivity contribution is 0.451. The SMILES string of the molecule is CCCC(C)c1cc2c(O)c(c1)Cc1cc(C(C)CCC)cc(c1O)Cc1cc(C(C)CCC)cc(c1O)Cc1cc(C(C)CCC)cc(c1O)Cc1cc(C(C)CCC)cc(c1O)Cc1cc(C(C)CCC)cc(c1O)Cc1cc(C(C)CCC)cc(c1O)Cc1cc(C(C)CCC)cc(c1O)C2. The van der Waals surface area contributed by atoms with Gasteiger partial charge in [0.05, 0.1) is 0 Å². The van der Waals surface area contributed by atoms with Gasteiger partial charge in [-0.25, -0.2) is 0 Å². The summed E-state index contributed by atoms with van der Waals surface area (Å²) in [5.41, 5.74) is 19.6. The highest BCUT2D eigenvalue weighted by Gasteiger charge is 2.28. The molecule has 8 aromatic rings.